The smallest absolute Gasteiger partial charge is 0.136 e. The molecule has 0 aliphatic heterocycles. The third-order valence-electron chi connectivity index (χ3n) is 14.5. The van der Waals surface area contributed by atoms with E-state index in [0.29, 0.717) is 0 Å². The second-order valence-electron chi connectivity index (χ2n) is 17.9. The number of hydrogen-bond acceptors (Lipinski definition) is 3. The van der Waals surface area contributed by atoms with Crippen molar-refractivity contribution in [3.63, 3.8) is 0 Å². The summed E-state index contributed by atoms with van der Waals surface area (Å²) in [5.41, 5.74) is 19.5. The number of rotatable bonds is 7. The molecule has 0 saturated heterocycles. The average Bonchev–Trinajstić information content (AvgIpc) is 4.13. The summed E-state index contributed by atoms with van der Waals surface area (Å²) in [6.07, 6.45) is 8.50. The number of furan rings is 2. The molecule has 0 unspecified atom stereocenters. The lowest BCUT2D eigenvalue weighted by atomic mass is 9.70. The third-order valence-corrected chi connectivity index (χ3v) is 14.5. The molecule has 0 bridgehead atoms. The van der Waals surface area contributed by atoms with Crippen LogP contribution in [-0.4, -0.2) is 0 Å². The minimum absolute atomic E-state index is 0.502. The number of para-hydroxylation sites is 2. The minimum atomic E-state index is -0.502. The molecule has 0 fully saturated rings. The van der Waals surface area contributed by atoms with Gasteiger partial charge in [-0.05, 0) is 122 Å². The van der Waals surface area contributed by atoms with Crippen molar-refractivity contribution in [1.29, 1.82) is 0 Å². The van der Waals surface area contributed by atoms with E-state index >= 15 is 0 Å². The highest BCUT2D eigenvalue weighted by atomic mass is 16.3. The van der Waals surface area contributed by atoms with Crippen LogP contribution in [0.3, 0.4) is 0 Å². The summed E-state index contributed by atoms with van der Waals surface area (Å²) in [6, 6.07) is 76.7. The summed E-state index contributed by atoms with van der Waals surface area (Å²) >= 11 is 0. The number of nitrogens with zero attached hydrogens (tertiary/aromatic N) is 1. The monoisotopic (exact) mass is 867 g/mol. The first-order chi connectivity index (χ1) is 33.7. The molecule has 3 heteroatoms. The van der Waals surface area contributed by atoms with Crippen LogP contribution >= 0.6 is 0 Å². The Hall–Kier alpha value is -8.92. The van der Waals surface area contributed by atoms with E-state index in [9.17, 15) is 0 Å². The van der Waals surface area contributed by atoms with E-state index in [1.165, 1.54) is 49.9 Å². The van der Waals surface area contributed by atoms with Crippen LogP contribution < -0.4 is 4.90 Å². The van der Waals surface area contributed by atoms with Crippen LogP contribution in [0.5, 0.6) is 0 Å². The van der Waals surface area contributed by atoms with Gasteiger partial charge in [-0.3, -0.25) is 0 Å². The molecule has 3 nitrogen and oxygen atoms in total. The Bertz CT molecular complexity index is 4090. The Balaban J connectivity index is 1.02. The quantitative estimate of drug-likeness (QED) is 0.150. The lowest BCUT2D eigenvalue weighted by Gasteiger charge is -2.32. The van der Waals surface area contributed by atoms with Crippen molar-refractivity contribution in [3.05, 3.63) is 271 Å². The standard InChI is InChI=1S/C65H41NO2/c1-2-44(21-15-18-41-36-37-60-51(38-41)48-25-9-14-34-59(48)67-60)66(57-32-13-8-24-47(57)49-27-16-35-61-63(49)52-39-42-19-3-4-20-43(42)40-62(52)68-61)58-33-17-31-56-64(58)50-26-7-12-30-55(50)65(56)53-28-10-5-22-45(53)46-23-6-11-29-54(46)65/h2-40H,1H2/b18-15+,44-21+. The highest BCUT2D eigenvalue weighted by Gasteiger charge is 2.52. The van der Waals surface area contributed by atoms with E-state index in [0.717, 1.165) is 83.0 Å². The van der Waals surface area contributed by atoms with Gasteiger partial charge in [0.1, 0.15) is 22.3 Å². The Morgan fingerprint density at radius 3 is 1.79 bits per heavy atom. The van der Waals surface area contributed by atoms with E-state index in [2.05, 4.69) is 230 Å². The number of benzene rings is 10. The molecule has 1 spiro atoms. The SMILES string of the molecule is C=C/C(=C\C=C\c1ccc2oc3ccccc3c2c1)N(c1ccccc1-c1cccc2oc3cc4ccccc4cc3c12)c1cccc2c1-c1ccccc1C21c2ccccc2-c2ccccc21. The Kier molecular flexibility index (Phi) is 8.35. The maximum atomic E-state index is 6.67. The molecule has 0 N–H and O–H groups in total. The predicted octanol–water partition coefficient (Wildman–Crippen LogP) is 17.6. The summed E-state index contributed by atoms with van der Waals surface area (Å²) in [7, 11) is 0. The fourth-order valence-corrected chi connectivity index (χ4v) is 11.7. The zero-order chi connectivity index (χ0) is 44.9. The maximum absolute atomic E-state index is 6.67. The summed E-state index contributed by atoms with van der Waals surface area (Å²) in [6.45, 7) is 4.54. The first-order valence-electron chi connectivity index (χ1n) is 23.3. The van der Waals surface area contributed by atoms with Gasteiger partial charge in [0.15, 0.2) is 0 Å². The number of fused-ring (bicyclic) bond motifs is 17. The van der Waals surface area contributed by atoms with Crippen molar-refractivity contribution in [2.24, 2.45) is 0 Å². The topological polar surface area (TPSA) is 29.5 Å². The normalized spacial score (nSPS) is 13.5. The molecular formula is C65H41NO2. The molecule has 0 atom stereocenters. The first kappa shape index (κ1) is 38.4. The van der Waals surface area contributed by atoms with Gasteiger partial charge in [-0.25, -0.2) is 0 Å². The van der Waals surface area contributed by atoms with Gasteiger partial charge in [-0.2, -0.15) is 0 Å². The molecule has 2 heterocycles. The van der Waals surface area contributed by atoms with Crippen LogP contribution in [0.25, 0.3) is 94.1 Å². The summed E-state index contributed by atoms with van der Waals surface area (Å²) in [5.74, 6) is 0. The molecule has 2 aliphatic rings. The summed E-state index contributed by atoms with van der Waals surface area (Å²) in [4.78, 5) is 2.43. The van der Waals surface area contributed by atoms with E-state index in [4.69, 9.17) is 8.83 Å². The fraction of sp³-hybridized carbons (Fsp3) is 0.0154. The molecule has 0 saturated carbocycles. The van der Waals surface area contributed by atoms with Gasteiger partial charge < -0.3 is 13.7 Å². The van der Waals surface area contributed by atoms with Crippen LogP contribution in [0.15, 0.2) is 252 Å². The van der Waals surface area contributed by atoms with Crippen molar-refractivity contribution < 1.29 is 8.83 Å². The van der Waals surface area contributed by atoms with Crippen LogP contribution in [0.4, 0.5) is 11.4 Å². The van der Waals surface area contributed by atoms with Crippen molar-refractivity contribution in [2.75, 3.05) is 4.90 Å². The van der Waals surface area contributed by atoms with Gasteiger partial charge in [0.05, 0.1) is 16.8 Å². The van der Waals surface area contributed by atoms with Crippen molar-refractivity contribution >= 4 is 72.1 Å². The molecule has 318 valence electrons. The number of allylic oxidation sites excluding steroid dienone is 3. The second-order valence-corrected chi connectivity index (χ2v) is 17.9. The van der Waals surface area contributed by atoms with Gasteiger partial charge in [0, 0.05) is 38.4 Å². The molecule has 0 radical (unpaired) electrons. The van der Waals surface area contributed by atoms with Crippen LogP contribution in [-0.2, 0) is 5.41 Å². The van der Waals surface area contributed by atoms with Crippen molar-refractivity contribution in [2.45, 2.75) is 5.41 Å². The van der Waals surface area contributed by atoms with E-state index < -0.39 is 5.41 Å². The van der Waals surface area contributed by atoms with Crippen molar-refractivity contribution in [3.8, 4) is 33.4 Å². The summed E-state index contributed by atoms with van der Waals surface area (Å²) in [5, 5.41) is 6.73. The lowest BCUT2D eigenvalue weighted by molar-refractivity contribution is 0.668. The molecule has 0 amide bonds. The largest absolute Gasteiger partial charge is 0.456 e. The van der Waals surface area contributed by atoms with Gasteiger partial charge in [0.2, 0.25) is 0 Å². The molecule has 2 aromatic heterocycles. The van der Waals surface area contributed by atoms with Gasteiger partial charge in [-0.1, -0.05) is 183 Å². The van der Waals surface area contributed by atoms with E-state index in [-0.39, 0.29) is 0 Å². The summed E-state index contributed by atoms with van der Waals surface area (Å²) < 4.78 is 12.9. The van der Waals surface area contributed by atoms with Crippen LogP contribution in [0.1, 0.15) is 27.8 Å². The maximum Gasteiger partial charge on any atom is 0.136 e. The molecule has 12 aromatic rings. The van der Waals surface area contributed by atoms with E-state index in [1.54, 1.807) is 0 Å². The van der Waals surface area contributed by atoms with Gasteiger partial charge in [-0.15, -0.1) is 0 Å². The lowest BCUT2D eigenvalue weighted by Crippen LogP contribution is -2.26. The third kappa shape index (κ3) is 5.41. The second kappa shape index (κ2) is 14.8. The van der Waals surface area contributed by atoms with Gasteiger partial charge in [0.25, 0.3) is 0 Å². The fourth-order valence-electron chi connectivity index (χ4n) is 11.7. The highest BCUT2D eigenvalue weighted by molar-refractivity contribution is 6.17. The van der Waals surface area contributed by atoms with Crippen LogP contribution in [0.2, 0.25) is 0 Å². The zero-order valence-electron chi connectivity index (χ0n) is 37.0. The Labute approximate surface area is 393 Å². The Morgan fingerprint density at radius 1 is 0.426 bits per heavy atom. The molecule has 10 aromatic carbocycles. The number of anilines is 2. The molecule has 68 heavy (non-hydrogen) atoms. The average molecular weight is 868 g/mol. The highest BCUT2D eigenvalue weighted by Crippen LogP contribution is 2.64. The Morgan fingerprint density at radius 2 is 1.00 bits per heavy atom. The minimum Gasteiger partial charge on any atom is -0.456 e. The van der Waals surface area contributed by atoms with Crippen LogP contribution in [0, 0.1) is 0 Å². The number of hydrogen-bond donors (Lipinski definition) is 0. The molecule has 2 aliphatic carbocycles. The predicted molar refractivity (Wildman–Crippen MR) is 283 cm³/mol. The molecule has 14 rings (SSSR count). The molecular weight excluding hydrogens is 827 g/mol. The first-order valence-corrected chi connectivity index (χ1v) is 23.3. The van der Waals surface area contributed by atoms with Crippen molar-refractivity contribution in [1.82, 2.24) is 0 Å². The zero-order valence-corrected chi connectivity index (χ0v) is 37.0. The van der Waals surface area contributed by atoms with Gasteiger partial charge >= 0.3 is 0 Å². The van der Waals surface area contributed by atoms with E-state index in [1.807, 2.05) is 18.2 Å².